The fourth-order valence-electron chi connectivity index (χ4n) is 2.14. The molecule has 1 amide bonds. The first-order valence-electron chi connectivity index (χ1n) is 8.49. The minimum atomic E-state index is -1.14. The number of carbonyl (C=O) groups is 2. The highest BCUT2D eigenvalue weighted by molar-refractivity contribution is 5.90. The zero-order valence-corrected chi connectivity index (χ0v) is 15.9. The normalized spacial score (nSPS) is 10.4. The molecule has 2 aromatic rings. The number of anilines is 2. The second-order valence-electron chi connectivity index (χ2n) is 6.86. The Labute approximate surface area is 163 Å². The highest BCUT2D eigenvalue weighted by atomic mass is 16.6. The molecular weight excluding hydrogens is 360 g/mol. The summed E-state index contributed by atoms with van der Waals surface area (Å²) in [5, 5.41) is 11.4. The summed E-state index contributed by atoms with van der Waals surface area (Å²) in [5.41, 5.74) is 7.00. The van der Waals surface area contributed by atoms with Crippen LogP contribution in [0.15, 0.2) is 42.5 Å². The van der Waals surface area contributed by atoms with Crippen LogP contribution in [-0.2, 0) is 9.53 Å². The molecule has 4 N–H and O–H groups in total. The monoisotopic (exact) mass is 382 g/mol. The average Bonchev–Trinajstić information content (AvgIpc) is 2.59. The van der Waals surface area contributed by atoms with Crippen molar-refractivity contribution >= 4 is 23.4 Å². The molecule has 0 unspecified atom stereocenters. The lowest BCUT2D eigenvalue weighted by molar-refractivity contribution is -0.139. The molecule has 0 bridgehead atoms. The van der Waals surface area contributed by atoms with Crippen LogP contribution in [0.5, 0.6) is 5.75 Å². The van der Waals surface area contributed by atoms with E-state index in [0.29, 0.717) is 5.56 Å². The number of aliphatic carboxylic acids is 1. The van der Waals surface area contributed by atoms with Crippen molar-refractivity contribution in [3.8, 4) is 17.6 Å². The van der Waals surface area contributed by atoms with Crippen LogP contribution in [0.25, 0.3) is 0 Å². The Kier molecular flexibility index (Phi) is 6.51. The fraction of sp³-hybridized carbons (Fsp3) is 0.238. The number of hydrogen-bond acceptors (Lipinski definition) is 5. The number of benzene rings is 2. The van der Waals surface area contributed by atoms with Gasteiger partial charge in [0, 0.05) is 11.6 Å². The van der Waals surface area contributed by atoms with Crippen molar-refractivity contribution in [2.45, 2.75) is 26.4 Å². The number of nitrogens with one attached hydrogen (secondary N) is 1. The van der Waals surface area contributed by atoms with Gasteiger partial charge in [-0.25, -0.2) is 9.59 Å². The average molecular weight is 382 g/mol. The van der Waals surface area contributed by atoms with Gasteiger partial charge in [-0.15, -0.1) is 0 Å². The molecule has 0 fully saturated rings. The molecule has 146 valence electrons. The predicted molar refractivity (Wildman–Crippen MR) is 106 cm³/mol. The molecular formula is C21H22N2O5. The van der Waals surface area contributed by atoms with E-state index < -0.39 is 24.3 Å². The van der Waals surface area contributed by atoms with Gasteiger partial charge >= 0.3 is 12.1 Å². The number of carboxylic acid groups (broad SMARTS) is 1. The van der Waals surface area contributed by atoms with E-state index in [1.807, 2.05) is 30.3 Å². The summed E-state index contributed by atoms with van der Waals surface area (Å²) in [6.07, 6.45) is -0.688. The molecule has 0 saturated heterocycles. The van der Waals surface area contributed by atoms with Gasteiger partial charge in [0.2, 0.25) is 0 Å². The van der Waals surface area contributed by atoms with E-state index >= 15 is 0 Å². The summed E-state index contributed by atoms with van der Waals surface area (Å²) in [6, 6.07) is 12.2. The Hall–Kier alpha value is -3.66. The lowest BCUT2D eigenvalue weighted by Crippen LogP contribution is -2.27. The molecule has 0 saturated carbocycles. The van der Waals surface area contributed by atoms with Gasteiger partial charge in [-0.1, -0.05) is 30.0 Å². The number of nitrogens with two attached hydrogens (primary N) is 1. The minimum Gasteiger partial charge on any atom is -0.481 e. The summed E-state index contributed by atoms with van der Waals surface area (Å²) in [4.78, 5) is 22.9. The summed E-state index contributed by atoms with van der Waals surface area (Å²) in [7, 11) is 0. The lowest BCUT2D eigenvalue weighted by Gasteiger charge is -2.20. The fourth-order valence-corrected chi connectivity index (χ4v) is 2.14. The van der Waals surface area contributed by atoms with Crippen molar-refractivity contribution < 1.29 is 24.2 Å². The Morgan fingerprint density at radius 2 is 1.82 bits per heavy atom. The molecule has 0 aliphatic carbocycles. The molecule has 0 aliphatic rings. The summed E-state index contributed by atoms with van der Waals surface area (Å²) < 4.78 is 10.5. The predicted octanol–water partition coefficient (Wildman–Crippen LogP) is 3.48. The molecule has 28 heavy (non-hydrogen) atoms. The first-order chi connectivity index (χ1) is 13.1. The van der Waals surface area contributed by atoms with Gasteiger partial charge < -0.3 is 20.3 Å². The first kappa shape index (κ1) is 20.6. The third-order valence-corrected chi connectivity index (χ3v) is 3.25. The summed E-state index contributed by atoms with van der Waals surface area (Å²) >= 11 is 0. The van der Waals surface area contributed by atoms with E-state index in [4.69, 9.17) is 20.3 Å². The number of ether oxygens (including phenoxy) is 2. The van der Waals surface area contributed by atoms with Crippen LogP contribution in [0.2, 0.25) is 0 Å². The van der Waals surface area contributed by atoms with Gasteiger partial charge in [-0.3, -0.25) is 5.32 Å². The second kappa shape index (κ2) is 8.82. The molecule has 0 atom stereocenters. The van der Waals surface area contributed by atoms with E-state index in [1.165, 1.54) is 12.1 Å². The van der Waals surface area contributed by atoms with Crippen molar-refractivity contribution in [1.29, 1.82) is 0 Å². The number of carbonyl (C=O) groups excluding carboxylic acids is 1. The van der Waals surface area contributed by atoms with E-state index in [1.54, 1.807) is 20.8 Å². The van der Waals surface area contributed by atoms with Crippen molar-refractivity contribution in [2.75, 3.05) is 17.7 Å². The Morgan fingerprint density at radius 3 is 2.43 bits per heavy atom. The van der Waals surface area contributed by atoms with Crippen LogP contribution >= 0.6 is 0 Å². The Bertz CT molecular complexity index is 922. The maximum atomic E-state index is 12.0. The maximum Gasteiger partial charge on any atom is 0.412 e. The molecule has 0 aliphatic heterocycles. The quantitative estimate of drug-likeness (QED) is 0.551. The first-order valence-corrected chi connectivity index (χ1v) is 8.49. The molecule has 2 rings (SSSR count). The number of rotatable bonds is 4. The Morgan fingerprint density at radius 1 is 1.14 bits per heavy atom. The van der Waals surface area contributed by atoms with Gasteiger partial charge in [-0.2, -0.15) is 0 Å². The number of hydrogen-bond donors (Lipinski definition) is 3. The second-order valence-corrected chi connectivity index (χ2v) is 6.86. The van der Waals surface area contributed by atoms with Crippen LogP contribution in [0.3, 0.4) is 0 Å². The van der Waals surface area contributed by atoms with Crippen molar-refractivity contribution in [1.82, 2.24) is 0 Å². The lowest BCUT2D eigenvalue weighted by atomic mass is 10.1. The molecule has 7 nitrogen and oxygen atoms in total. The van der Waals surface area contributed by atoms with E-state index in [0.717, 1.165) is 5.56 Å². The molecule has 0 radical (unpaired) electrons. The van der Waals surface area contributed by atoms with Crippen LogP contribution in [0.4, 0.5) is 16.2 Å². The third kappa shape index (κ3) is 6.57. The standard InChI is InChI=1S/C21H22N2O5/c1-21(2,3)28-20(26)23-17-12-18(27-13-19(24)25)15(11-16(17)22)10-9-14-7-5-4-6-8-14/h4-8,11-12H,13,22H2,1-3H3,(H,23,26)(H,24,25). The van der Waals surface area contributed by atoms with Gasteiger partial charge in [0.15, 0.2) is 6.61 Å². The number of carboxylic acids is 1. The Balaban J connectivity index is 2.34. The zero-order valence-electron chi connectivity index (χ0n) is 15.9. The van der Waals surface area contributed by atoms with Gasteiger partial charge in [-0.05, 0) is 39.0 Å². The molecule has 2 aromatic carbocycles. The summed E-state index contributed by atoms with van der Waals surface area (Å²) in [6.45, 7) is 4.65. The van der Waals surface area contributed by atoms with E-state index in [-0.39, 0.29) is 17.1 Å². The number of amides is 1. The largest absolute Gasteiger partial charge is 0.481 e. The van der Waals surface area contributed by atoms with Gasteiger partial charge in [0.1, 0.15) is 11.4 Å². The minimum absolute atomic E-state index is 0.186. The van der Waals surface area contributed by atoms with Gasteiger partial charge in [0.25, 0.3) is 0 Å². The van der Waals surface area contributed by atoms with Crippen LogP contribution in [-0.4, -0.2) is 29.4 Å². The third-order valence-electron chi connectivity index (χ3n) is 3.25. The van der Waals surface area contributed by atoms with E-state index in [9.17, 15) is 9.59 Å². The van der Waals surface area contributed by atoms with Crippen LogP contribution < -0.4 is 15.8 Å². The van der Waals surface area contributed by atoms with Crippen LogP contribution in [0.1, 0.15) is 31.9 Å². The zero-order chi connectivity index (χ0) is 20.7. The van der Waals surface area contributed by atoms with Crippen LogP contribution in [0, 0.1) is 11.8 Å². The molecule has 7 heteroatoms. The molecule has 0 aromatic heterocycles. The van der Waals surface area contributed by atoms with E-state index in [2.05, 4.69) is 17.2 Å². The molecule has 0 spiro atoms. The molecule has 0 heterocycles. The van der Waals surface area contributed by atoms with Crippen molar-refractivity contribution in [2.24, 2.45) is 0 Å². The SMILES string of the molecule is CC(C)(C)OC(=O)Nc1cc(OCC(=O)O)c(C#Cc2ccccc2)cc1N. The smallest absolute Gasteiger partial charge is 0.412 e. The van der Waals surface area contributed by atoms with Crippen molar-refractivity contribution in [3.63, 3.8) is 0 Å². The maximum absolute atomic E-state index is 12.0. The van der Waals surface area contributed by atoms with Crippen molar-refractivity contribution in [3.05, 3.63) is 53.6 Å². The number of nitrogen functional groups attached to an aromatic ring is 1. The highest BCUT2D eigenvalue weighted by Gasteiger charge is 2.18. The van der Waals surface area contributed by atoms with Gasteiger partial charge in [0.05, 0.1) is 16.9 Å². The topological polar surface area (TPSA) is 111 Å². The summed E-state index contributed by atoms with van der Waals surface area (Å²) in [5.74, 6) is 4.93. The highest BCUT2D eigenvalue weighted by Crippen LogP contribution is 2.29.